The van der Waals surface area contributed by atoms with E-state index in [0.717, 1.165) is 0 Å². The molecule has 1 atom stereocenters. The lowest BCUT2D eigenvalue weighted by Gasteiger charge is -2.22. The molecule has 0 saturated carbocycles. The van der Waals surface area contributed by atoms with Crippen molar-refractivity contribution in [3.8, 4) is 0 Å². The van der Waals surface area contributed by atoms with Crippen LogP contribution in [0.25, 0.3) is 0 Å². The molecule has 0 aliphatic rings. The first kappa shape index (κ1) is 15.9. The number of aromatic nitrogens is 1. The zero-order valence-electron chi connectivity index (χ0n) is 11.2. The molecule has 0 aliphatic carbocycles. The minimum absolute atomic E-state index is 0.124. The molecular formula is C12H16ClNO4S. The van der Waals surface area contributed by atoms with Gasteiger partial charge in [-0.05, 0) is 20.8 Å². The van der Waals surface area contributed by atoms with Gasteiger partial charge < -0.3 is 9.47 Å². The summed E-state index contributed by atoms with van der Waals surface area (Å²) in [7, 11) is 1.23. The number of hydrogen-bond acceptors (Lipinski definition) is 6. The van der Waals surface area contributed by atoms with Gasteiger partial charge in [0.25, 0.3) is 0 Å². The van der Waals surface area contributed by atoms with Crippen molar-refractivity contribution in [3.63, 3.8) is 0 Å². The van der Waals surface area contributed by atoms with Gasteiger partial charge in [-0.15, -0.1) is 11.3 Å². The van der Waals surface area contributed by atoms with Crippen molar-refractivity contribution in [2.24, 2.45) is 5.92 Å². The van der Waals surface area contributed by atoms with E-state index in [1.165, 1.54) is 18.4 Å². The van der Waals surface area contributed by atoms with E-state index in [2.05, 4.69) is 9.72 Å². The second kappa shape index (κ2) is 6.34. The van der Waals surface area contributed by atoms with Gasteiger partial charge in [0.05, 0.1) is 12.1 Å². The fraction of sp³-hybridized carbons (Fsp3) is 0.583. The monoisotopic (exact) mass is 305 g/mol. The van der Waals surface area contributed by atoms with Gasteiger partial charge in [-0.25, -0.2) is 4.98 Å². The maximum absolute atomic E-state index is 12.0. The Labute approximate surface area is 120 Å². The highest BCUT2D eigenvalue weighted by molar-refractivity contribution is 7.10. The van der Waals surface area contributed by atoms with Crippen molar-refractivity contribution in [2.45, 2.75) is 32.8 Å². The highest BCUT2D eigenvalue weighted by Crippen LogP contribution is 2.21. The first-order valence-corrected chi connectivity index (χ1v) is 6.89. The van der Waals surface area contributed by atoms with E-state index in [-0.39, 0.29) is 6.42 Å². The predicted octanol–water partition coefficient (Wildman–Crippen LogP) is 2.47. The van der Waals surface area contributed by atoms with Crippen molar-refractivity contribution in [1.82, 2.24) is 4.98 Å². The van der Waals surface area contributed by atoms with Crippen molar-refractivity contribution in [2.75, 3.05) is 7.11 Å². The average Bonchev–Trinajstić information content (AvgIpc) is 2.68. The van der Waals surface area contributed by atoms with Gasteiger partial charge in [-0.2, -0.15) is 0 Å². The Morgan fingerprint density at radius 2 is 2.05 bits per heavy atom. The molecule has 1 aromatic heterocycles. The number of esters is 2. The summed E-state index contributed by atoms with van der Waals surface area (Å²) in [5.74, 6) is -2.28. The fourth-order valence-electron chi connectivity index (χ4n) is 1.33. The average molecular weight is 306 g/mol. The van der Waals surface area contributed by atoms with Crippen LogP contribution in [0.4, 0.5) is 0 Å². The summed E-state index contributed by atoms with van der Waals surface area (Å²) >= 11 is 6.99. The number of rotatable bonds is 4. The molecule has 1 aromatic rings. The SMILES string of the molecule is COC(=O)[C@H](Cc1nc(Cl)cs1)C(=O)OC(C)(C)C. The summed E-state index contributed by atoms with van der Waals surface area (Å²) in [6.07, 6.45) is 0.124. The van der Waals surface area contributed by atoms with Crippen LogP contribution in [-0.2, 0) is 25.5 Å². The van der Waals surface area contributed by atoms with Crippen molar-refractivity contribution < 1.29 is 19.1 Å². The summed E-state index contributed by atoms with van der Waals surface area (Å²) in [6, 6.07) is 0. The first-order chi connectivity index (χ1) is 8.73. The minimum Gasteiger partial charge on any atom is -0.468 e. The van der Waals surface area contributed by atoms with Gasteiger partial charge in [-0.3, -0.25) is 9.59 Å². The minimum atomic E-state index is -1.02. The summed E-state index contributed by atoms with van der Waals surface area (Å²) < 4.78 is 9.84. The number of nitrogens with zero attached hydrogens (tertiary/aromatic N) is 1. The van der Waals surface area contributed by atoms with Crippen LogP contribution in [0.15, 0.2) is 5.38 Å². The lowest BCUT2D eigenvalue weighted by atomic mass is 10.1. The van der Waals surface area contributed by atoms with Crippen LogP contribution in [-0.4, -0.2) is 29.6 Å². The summed E-state index contributed by atoms with van der Waals surface area (Å²) in [6.45, 7) is 5.21. The molecule has 0 bridgehead atoms. The predicted molar refractivity (Wildman–Crippen MR) is 72.2 cm³/mol. The normalized spacial score (nSPS) is 12.9. The van der Waals surface area contributed by atoms with Crippen LogP contribution in [0.2, 0.25) is 5.15 Å². The van der Waals surface area contributed by atoms with Gasteiger partial charge in [0.15, 0.2) is 5.92 Å². The smallest absolute Gasteiger partial charge is 0.321 e. The highest BCUT2D eigenvalue weighted by atomic mass is 35.5. The molecular weight excluding hydrogens is 290 g/mol. The van der Waals surface area contributed by atoms with E-state index in [1.54, 1.807) is 26.2 Å². The zero-order valence-corrected chi connectivity index (χ0v) is 12.8. The van der Waals surface area contributed by atoms with Crippen LogP contribution < -0.4 is 0 Å². The number of ether oxygens (including phenoxy) is 2. The third-order valence-corrected chi connectivity index (χ3v) is 3.27. The maximum atomic E-state index is 12.0. The van der Waals surface area contributed by atoms with Gasteiger partial charge in [0.2, 0.25) is 0 Å². The Kier molecular flexibility index (Phi) is 5.31. The second-order valence-electron chi connectivity index (χ2n) is 4.88. The standard InChI is InChI=1S/C12H16ClNO4S/c1-12(2,3)18-11(16)7(10(15)17-4)5-9-14-8(13)6-19-9/h6-7H,5H2,1-4H3/t7-/m0/s1. The van der Waals surface area contributed by atoms with E-state index in [1.807, 2.05) is 0 Å². The molecule has 0 saturated heterocycles. The summed E-state index contributed by atoms with van der Waals surface area (Å²) in [5, 5.41) is 2.57. The van der Waals surface area contributed by atoms with E-state index >= 15 is 0 Å². The Morgan fingerprint density at radius 1 is 1.42 bits per heavy atom. The van der Waals surface area contributed by atoms with Crippen LogP contribution in [0.1, 0.15) is 25.8 Å². The molecule has 5 nitrogen and oxygen atoms in total. The molecule has 106 valence electrons. The molecule has 1 rings (SSSR count). The van der Waals surface area contributed by atoms with Gasteiger partial charge in [0, 0.05) is 11.8 Å². The number of carbonyl (C=O) groups is 2. The topological polar surface area (TPSA) is 65.5 Å². The maximum Gasteiger partial charge on any atom is 0.321 e. The third-order valence-electron chi connectivity index (χ3n) is 2.08. The molecule has 0 fully saturated rings. The van der Waals surface area contributed by atoms with Crippen molar-refractivity contribution in [3.05, 3.63) is 15.5 Å². The molecule has 0 N–H and O–H groups in total. The van der Waals surface area contributed by atoms with Gasteiger partial charge in [0.1, 0.15) is 10.8 Å². The van der Waals surface area contributed by atoms with Crippen LogP contribution in [0.5, 0.6) is 0 Å². The largest absolute Gasteiger partial charge is 0.468 e. The van der Waals surface area contributed by atoms with E-state index in [0.29, 0.717) is 10.2 Å². The lowest BCUT2D eigenvalue weighted by molar-refractivity contribution is -0.168. The Hall–Kier alpha value is -1.14. The summed E-state index contributed by atoms with van der Waals surface area (Å²) in [5.41, 5.74) is -0.663. The second-order valence-corrected chi connectivity index (χ2v) is 6.21. The van der Waals surface area contributed by atoms with E-state index in [4.69, 9.17) is 16.3 Å². The van der Waals surface area contributed by atoms with Crippen molar-refractivity contribution >= 4 is 34.9 Å². The molecule has 0 spiro atoms. The highest BCUT2D eigenvalue weighted by Gasteiger charge is 2.33. The summed E-state index contributed by atoms with van der Waals surface area (Å²) in [4.78, 5) is 27.7. The molecule has 19 heavy (non-hydrogen) atoms. The molecule has 7 heteroatoms. The first-order valence-electron chi connectivity index (χ1n) is 5.63. The third kappa shape index (κ3) is 5.16. The molecule has 0 aliphatic heterocycles. The number of halogens is 1. The van der Waals surface area contributed by atoms with Crippen LogP contribution in [0, 0.1) is 5.92 Å². The molecule has 1 heterocycles. The zero-order chi connectivity index (χ0) is 14.6. The van der Waals surface area contributed by atoms with Gasteiger partial charge in [-0.1, -0.05) is 11.6 Å². The van der Waals surface area contributed by atoms with E-state index in [9.17, 15) is 9.59 Å². The van der Waals surface area contributed by atoms with E-state index < -0.39 is 23.5 Å². The van der Waals surface area contributed by atoms with Gasteiger partial charge >= 0.3 is 11.9 Å². The Morgan fingerprint density at radius 3 is 2.47 bits per heavy atom. The number of carbonyl (C=O) groups excluding carboxylic acids is 2. The number of methoxy groups -OCH3 is 1. The Balaban J connectivity index is 2.83. The fourth-order valence-corrected chi connectivity index (χ4v) is 2.32. The Bertz CT molecular complexity index is 467. The molecule has 0 unspecified atom stereocenters. The molecule has 0 amide bonds. The molecule has 0 radical (unpaired) electrons. The quantitative estimate of drug-likeness (QED) is 0.631. The number of thiazole rings is 1. The van der Waals surface area contributed by atoms with Crippen LogP contribution >= 0.6 is 22.9 Å². The van der Waals surface area contributed by atoms with Crippen LogP contribution in [0.3, 0.4) is 0 Å². The van der Waals surface area contributed by atoms with Crippen molar-refractivity contribution in [1.29, 1.82) is 0 Å². The number of hydrogen-bond donors (Lipinski definition) is 0. The molecule has 0 aromatic carbocycles. The lowest BCUT2D eigenvalue weighted by Crippen LogP contribution is -2.34.